The molecule has 1 aliphatic heterocycles. The van der Waals surface area contributed by atoms with Gasteiger partial charge in [0.2, 0.25) is 15.9 Å². The summed E-state index contributed by atoms with van der Waals surface area (Å²) in [5.41, 5.74) is 1.14. The number of hydrogen-bond donors (Lipinski definition) is 1. The fourth-order valence-electron chi connectivity index (χ4n) is 3.95. The van der Waals surface area contributed by atoms with E-state index in [2.05, 4.69) is 6.58 Å². The Hall–Kier alpha value is -2.65. The van der Waals surface area contributed by atoms with Gasteiger partial charge < -0.3 is 4.90 Å². The number of sulfonamides is 1. The number of nitrogens with zero attached hydrogens (tertiary/aromatic N) is 1. The Balaban J connectivity index is 2.05. The van der Waals surface area contributed by atoms with E-state index in [1.165, 1.54) is 13.0 Å². The topological polar surface area (TPSA) is 66.5 Å². The summed E-state index contributed by atoms with van der Waals surface area (Å²) in [6.07, 6.45) is -0.0431. The van der Waals surface area contributed by atoms with Crippen LogP contribution in [0, 0.1) is 5.82 Å². The number of likely N-dealkylation sites (tertiary alicyclic amines) is 1. The molecule has 178 valence electrons. The van der Waals surface area contributed by atoms with Gasteiger partial charge in [0.1, 0.15) is 11.9 Å². The highest BCUT2D eigenvalue weighted by Crippen LogP contribution is 2.37. The first-order valence-corrected chi connectivity index (χ1v) is 12.3. The molecular formula is C24H27F3N2O3S. The maximum absolute atomic E-state index is 15.4. The molecule has 2 aromatic carbocycles. The summed E-state index contributed by atoms with van der Waals surface area (Å²) in [5.74, 6) is -5.23. The average molecular weight is 481 g/mol. The van der Waals surface area contributed by atoms with Crippen LogP contribution in [0.5, 0.6) is 0 Å². The van der Waals surface area contributed by atoms with Crippen molar-refractivity contribution in [2.75, 3.05) is 12.3 Å². The lowest BCUT2D eigenvalue weighted by atomic mass is 9.95. The van der Waals surface area contributed by atoms with Crippen molar-refractivity contribution in [3.05, 3.63) is 72.1 Å². The highest BCUT2D eigenvalue weighted by molar-refractivity contribution is 7.89. The number of amides is 1. The molecule has 0 aromatic heterocycles. The Kier molecular flexibility index (Phi) is 7.33. The van der Waals surface area contributed by atoms with E-state index in [0.717, 1.165) is 4.90 Å². The van der Waals surface area contributed by atoms with Crippen molar-refractivity contribution >= 4 is 15.9 Å². The summed E-state index contributed by atoms with van der Waals surface area (Å²) in [5, 5.41) is 0. The molecule has 2 atom stereocenters. The van der Waals surface area contributed by atoms with E-state index in [1.54, 1.807) is 49.4 Å². The first-order valence-electron chi connectivity index (χ1n) is 10.7. The SMILES string of the molecule is C=C(CC)C(=O)N1CC(F)(F)[C@H](NS(=O)(=O)CC)[C@@H]1Cc1cccc(-c2ccccc2)c1F. The van der Waals surface area contributed by atoms with Crippen molar-refractivity contribution < 1.29 is 26.4 Å². The number of carbonyl (C=O) groups is 1. The highest BCUT2D eigenvalue weighted by Gasteiger charge is 2.57. The Labute approximate surface area is 192 Å². The van der Waals surface area contributed by atoms with E-state index >= 15 is 13.2 Å². The molecule has 0 saturated carbocycles. The summed E-state index contributed by atoms with van der Waals surface area (Å²) in [7, 11) is -4.02. The largest absolute Gasteiger partial charge is 0.328 e. The van der Waals surface area contributed by atoms with Crippen LogP contribution < -0.4 is 4.72 Å². The normalized spacial score (nSPS) is 20.1. The van der Waals surface area contributed by atoms with Gasteiger partial charge in [-0.25, -0.2) is 26.3 Å². The first kappa shape index (κ1) is 25.0. The Morgan fingerprint density at radius 2 is 1.82 bits per heavy atom. The van der Waals surface area contributed by atoms with Crippen LogP contribution in [0.15, 0.2) is 60.7 Å². The predicted molar refractivity (Wildman–Crippen MR) is 122 cm³/mol. The summed E-state index contributed by atoms with van der Waals surface area (Å²) in [4.78, 5) is 13.8. The molecule has 33 heavy (non-hydrogen) atoms. The lowest BCUT2D eigenvalue weighted by molar-refractivity contribution is -0.129. The van der Waals surface area contributed by atoms with Crippen LogP contribution in [0.4, 0.5) is 13.2 Å². The monoisotopic (exact) mass is 480 g/mol. The van der Waals surface area contributed by atoms with Gasteiger partial charge in [-0.05, 0) is 30.9 Å². The molecule has 0 spiro atoms. The third kappa shape index (κ3) is 5.30. The van der Waals surface area contributed by atoms with Crippen molar-refractivity contribution in [2.45, 2.75) is 44.7 Å². The van der Waals surface area contributed by atoms with E-state index in [4.69, 9.17) is 0 Å². The number of halogens is 3. The van der Waals surface area contributed by atoms with E-state index in [9.17, 15) is 13.2 Å². The summed E-state index contributed by atoms with van der Waals surface area (Å²) in [6, 6.07) is 10.2. The average Bonchev–Trinajstić information content (AvgIpc) is 3.04. The third-order valence-corrected chi connectivity index (χ3v) is 7.26. The van der Waals surface area contributed by atoms with E-state index in [0.29, 0.717) is 11.1 Å². The third-order valence-electron chi connectivity index (χ3n) is 5.89. The minimum atomic E-state index is -4.02. The zero-order valence-corrected chi connectivity index (χ0v) is 19.3. The molecule has 5 nitrogen and oxygen atoms in total. The zero-order valence-electron chi connectivity index (χ0n) is 18.5. The fourth-order valence-corrected chi connectivity index (χ4v) is 4.84. The Morgan fingerprint density at radius 1 is 1.15 bits per heavy atom. The molecule has 2 aromatic rings. The molecule has 9 heteroatoms. The van der Waals surface area contributed by atoms with Gasteiger partial charge in [0.25, 0.3) is 5.92 Å². The smallest absolute Gasteiger partial charge is 0.283 e. The molecule has 0 unspecified atom stereocenters. The van der Waals surface area contributed by atoms with Crippen LogP contribution in [0.2, 0.25) is 0 Å². The van der Waals surface area contributed by atoms with Crippen molar-refractivity contribution in [2.24, 2.45) is 0 Å². The Morgan fingerprint density at radius 3 is 2.42 bits per heavy atom. The number of rotatable bonds is 8. The van der Waals surface area contributed by atoms with Gasteiger partial charge in [-0.2, -0.15) is 0 Å². The van der Waals surface area contributed by atoms with E-state index in [-0.39, 0.29) is 24.0 Å². The van der Waals surface area contributed by atoms with Crippen LogP contribution in [0.3, 0.4) is 0 Å². The summed E-state index contributed by atoms with van der Waals surface area (Å²) < 4.78 is 71.9. The number of alkyl halides is 2. The lowest BCUT2D eigenvalue weighted by Gasteiger charge is -2.29. The van der Waals surface area contributed by atoms with Crippen molar-refractivity contribution in [1.29, 1.82) is 0 Å². The van der Waals surface area contributed by atoms with E-state index in [1.807, 2.05) is 4.72 Å². The molecule has 3 rings (SSSR count). The number of benzene rings is 2. The van der Waals surface area contributed by atoms with Gasteiger partial charge in [-0.15, -0.1) is 0 Å². The number of carbonyl (C=O) groups excluding carboxylic acids is 1. The van der Waals surface area contributed by atoms with Gasteiger partial charge in [-0.3, -0.25) is 4.79 Å². The van der Waals surface area contributed by atoms with Gasteiger partial charge in [0.15, 0.2) is 0 Å². The van der Waals surface area contributed by atoms with Crippen LogP contribution in [0.1, 0.15) is 25.8 Å². The maximum atomic E-state index is 15.4. The lowest BCUT2D eigenvalue weighted by Crippen LogP contribution is -2.52. The van der Waals surface area contributed by atoms with Crippen LogP contribution in [-0.4, -0.2) is 49.5 Å². The molecule has 0 aliphatic carbocycles. The van der Waals surface area contributed by atoms with Gasteiger partial charge in [0, 0.05) is 11.1 Å². The predicted octanol–water partition coefficient (Wildman–Crippen LogP) is 4.16. The molecular weight excluding hydrogens is 453 g/mol. The Bertz CT molecular complexity index is 1140. The van der Waals surface area contributed by atoms with Gasteiger partial charge in [-0.1, -0.05) is 62.0 Å². The molecule has 1 heterocycles. The standard InChI is InChI=1S/C24H27F3N2O3S/c1-4-16(3)23(30)29-15-24(26,27)22(28-33(31,32)5-2)20(29)14-18-12-9-13-19(21(18)25)17-10-7-6-8-11-17/h6-13,20,22,28H,3-5,14-15H2,1-2H3/t20-,22+/m0/s1. The quantitative estimate of drug-likeness (QED) is 0.577. The van der Waals surface area contributed by atoms with Crippen molar-refractivity contribution in [3.63, 3.8) is 0 Å². The van der Waals surface area contributed by atoms with Crippen LogP contribution in [-0.2, 0) is 21.2 Å². The molecule has 1 amide bonds. The van der Waals surface area contributed by atoms with Crippen molar-refractivity contribution in [1.82, 2.24) is 9.62 Å². The van der Waals surface area contributed by atoms with Crippen molar-refractivity contribution in [3.8, 4) is 11.1 Å². The van der Waals surface area contributed by atoms with Crippen LogP contribution >= 0.6 is 0 Å². The molecule has 1 saturated heterocycles. The second-order valence-corrected chi connectivity index (χ2v) is 10.1. The number of nitrogens with one attached hydrogen (secondary N) is 1. The van der Waals surface area contributed by atoms with E-state index < -0.39 is 52.1 Å². The van der Waals surface area contributed by atoms with Crippen LogP contribution in [0.25, 0.3) is 11.1 Å². The first-order chi connectivity index (χ1) is 15.5. The second kappa shape index (κ2) is 9.69. The van der Waals surface area contributed by atoms with Gasteiger partial charge in [0.05, 0.1) is 18.3 Å². The summed E-state index contributed by atoms with van der Waals surface area (Å²) in [6.45, 7) is 5.66. The highest BCUT2D eigenvalue weighted by atomic mass is 32.2. The second-order valence-electron chi connectivity index (χ2n) is 8.07. The molecule has 1 N–H and O–H groups in total. The molecule has 0 bridgehead atoms. The molecule has 0 radical (unpaired) electrons. The minimum absolute atomic E-state index is 0.111. The zero-order chi connectivity index (χ0) is 24.4. The minimum Gasteiger partial charge on any atom is -0.328 e. The number of hydrogen-bond acceptors (Lipinski definition) is 3. The maximum Gasteiger partial charge on any atom is 0.283 e. The van der Waals surface area contributed by atoms with Gasteiger partial charge >= 0.3 is 0 Å². The molecule has 1 fully saturated rings. The fraction of sp³-hybridized carbons (Fsp3) is 0.375. The summed E-state index contributed by atoms with van der Waals surface area (Å²) >= 11 is 0. The molecule has 1 aliphatic rings.